The van der Waals surface area contributed by atoms with E-state index in [4.69, 9.17) is 4.99 Å². The molecule has 1 aromatic heterocycles. The summed E-state index contributed by atoms with van der Waals surface area (Å²) in [7, 11) is 0. The summed E-state index contributed by atoms with van der Waals surface area (Å²) in [5, 5.41) is 11.3. The van der Waals surface area contributed by atoms with E-state index in [2.05, 4.69) is 46.2 Å². The van der Waals surface area contributed by atoms with Gasteiger partial charge >= 0.3 is 0 Å². The van der Waals surface area contributed by atoms with Gasteiger partial charge in [0.05, 0.1) is 0 Å². The van der Waals surface area contributed by atoms with E-state index in [9.17, 15) is 4.79 Å². The zero-order valence-electron chi connectivity index (χ0n) is 17.6. The number of rotatable bonds is 6. The molecular formula is C21H35IN4OS2. The van der Waals surface area contributed by atoms with E-state index in [1.165, 1.54) is 5.56 Å². The molecule has 5 nitrogen and oxygen atoms in total. The molecule has 29 heavy (non-hydrogen) atoms. The van der Waals surface area contributed by atoms with E-state index >= 15 is 0 Å². The third kappa shape index (κ3) is 7.61. The quantitative estimate of drug-likeness (QED) is 0.318. The van der Waals surface area contributed by atoms with Gasteiger partial charge in [-0.25, -0.2) is 0 Å². The van der Waals surface area contributed by atoms with Gasteiger partial charge in [-0.15, -0.1) is 24.0 Å². The van der Waals surface area contributed by atoms with Crippen LogP contribution < -0.4 is 10.6 Å². The third-order valence-corrected chi connectivity index (χ3v) is 7.36. The van der Waals surface area contributed by atoms with E-state index in [-0.39, 0.29) is 29.9 Å². The van der Waals surface area contributed by atoms with Gasteiger partial charge in [0.15, 0.2) is 5.96 Å². The first-order valence-electron chi connectivity index (χ1n) is 10.6. The lowest BCUT2D eigenvalue weighted by molar-refractivity contribution is -0.136. The monoisotopic (exact) mass is 550 g/mol. The maximum absolute atomic E-state index is 12.7. The number of thiophene rings is 1. The van der Waals surface area contributed by atoms with Crippen LogP contribution >= 0.6 is 47.1 Å². The molecule has 1 unspecified atom stereocenters. The fourth-order valence-electron chi connectivity index (χ4n) is 3.93. The van der Waals surface area contributed by atoms with Crippen molar-refractivity contribution in [2.75, 3.05) is 37.7 Å². The van der Waals surface area contributed by atoms with Crippen molar-refractivity contribution in [3.05, 3.63) is 22.4 Å². The van der Waals surface area contributed by atoms with Gasteiger partial charge in [0.2, 0.25) is 5.91 Å². The number of aliphatic imine (C=N–C) groups is 1. The van der Waals surface area contributed by atoms with Gasteiger partial charge < -0.3 is 15.5 Å². The first-order valence-corrected chi connectivity index (χ1v) is 12.7. The fraction of sp³-hybridized carbons (Fsp3) is 0.714. The lowest BCUT2D eigenvalue weighted by Gasteiger charge is -2.34. The Morgan fingerprint density at radius 1 is 1.28 bits per heavy atom. The van der Waals surface area contributed by atoms with Gasteiger partial charge in [0.25, 0.3) is 0 Å². The van der Waals surface area contributed by atoms with Crippen LogP contribution in [-0.2, 0) is 4.79 Å². The molecule has 1 atom stereocenters. The van der Waals surface area contributed by atoms with Gasteiger partial charge in [-0.3, -0.25) is 9.79 Å². The van der Waals surface area contributed by atoms with Crippen molar-refractivity contribution < 1.29 is 4.79 Å². The van der Waals surface area contributed by atoms with Gasteiger partial charge in [0.1, 0.15) is 0 Å². The Bertz CT molecular complexity index is 627. The maximum atomic E-state index is 12.7. The van der Waals surface area contributed by atoms with E-state index in [1.807, 2.05) is 11.8 Å². The van der Waals surface area contributed by atoms with E-state index < -0.39 is 0 Å². The Morgan fingerprint density at radius 2 is 2.00 bits per heavy atom. The number of thioether (sulfide) groups is 1. The third-order valence-electron chi connectivity index (χ3n) is 5.72. The molecule has 0 radical (unpaired) electrons. The number of amides is 1. The molecule has 164 valence electrons. The summed E-state index contributed by atoms with van der Waals surface area (Å²) in [6, 6.07) is 2.60. The van der Waals surface area contributed by atoms with Crippen LogP contribution in [0.5, 0.6) is 0 Å². The SMILES string of the molecule is CCNC(=NCC(C)c1ccsc1)NC1CCC(C(=O)N2CCSCC2)CC1.I. The Balaban J connectivity index is 0.00000300. The van der Waals surface area contributed by atoms with Crippen LogP contribution in [0.25, 0.3) is 0 Å². The Labute approximate surface area is 200 Å². The Kier molecular flexibility index (Phi) is 11.1. The van der Waals surface area contributed by atoms with Gasteiger partial charge in [-0.2, -0.15) is 23.1 Å². The summed E-state index contributed by atoms with van der Waals surface area (Å²) in [4.78, 5) is 19.6. The summed E-state index contributed by atoms with van der Waals surface area (Å²) in [5.41, 5.74) is 1.36. The number of hydrogen-bond acceptors (Lipinski definition) is 4. The highest BCUT2D eigenvalue weighted by Crippen LogP contribution is 2.27. The zero-order valence-corrected chi connectivity index (χ0v) is 21.5. The predicted molar refractivity (Wildman–Crippen MR) is 137 cm³/mol. The van der Waals surface area contributed by atoms with Gasteiger partial charge in [-0.05, 0) is 55.0 Å². The summed E-state index contributed by atoms with van der Waals surface area (Å²) in [6.45, 7) is 7.84. The van der Waals surface area contributed by atoms with Crippen molar-refractivity contribution >= 4 is 58.9 Å². The Hall–Kier alpha value is -0.480. The molecule has 8 heteroatoms. The van der Waals surface area contributed by atoms with E-state index in [0.717, 1.165) is 69.3 Å². The Morgan fingerprint density at radius 3 is 2.62 bits per heavy atom. The topological polar surface area (TPSA) is 56.7 Å². The molecule has 1 aromatic rings. The average Bonchev–Trinajstić information content (AvgIpc) is 3.28. The van der Waals surface area contributed by atoms with Crippen molar-refractivity contribution in [3.63, 3.8) is 0 Å². The second-order valence-electron chi connectivity index (χ2n) is 7.81. The highest BCUT2D eigenvalue weighted by Gasteiger charge is 2.30. The zero-order chi connectivity index (χ0) is 19.8. The summed E-state index contributed by atoms with van der Waals surface area (Å²) in [6.07, 6.45) is 4.07. The minimum absolute atomic E-state index is 0. The van der Waals surface area contributed by atoms with Crippen molar-refractivity contribution in [2.45, 2.75) is 51.5 Å². The highest BCUT2D eigenvalue weighted by molar-refractivity contribution is 14.0. The summed E-state index contributed by atoms with van der Waals surface area (Å²) < 4.78 is 0. The molecule has 0 bridgehead atoms. The molecule has 1 saturated heterocycles. The van der Waals surface area contributed by atoms with Crippen LogP contribution in [0.15, 0.2) is 21.8 Å². The molecule has 2 fully saturated rings. The molecule has 3 rings (SSSR count). The minimum atomic E-state index is 0. The first kappa shape index (κ1) is 24.8. The number of hydrogen-bond donors (Lipinski definition) is 2. The molecule has 2 heterocycles. The molecule has 1 aliphatic carbocycles. The van der Waals surface area contributed by atoms with Crippen LogP contribution in [-0.4, -0.2) is 60.5 Å². The number of nitrogens with one attached hydrogen (secondary N) is 2. The average molecular weight is 551 g/mol. The number of halogens is 1. The smallest absolute Gasteiger partial charge is 0.225 e. The number of nitrogens with zero attached hydrogens (tertiary/aromatic N) is 2. The highest BCUT2D eigenvalue weighted by atomic mass is 127. The minimum Gasteiger partial charge on any atom is -0.357 e. The van der Waals surface area contributed by atoms with Crippen molar-refractivity contribution in [2.24, 2.45) is 10.9 Å². The van der Waals surface area contributed by atoms with E-state index in [1.54, 1.807) is 11.3 Å². The maximum Gasteiger partial charge on any atom is 0.225 e. The second kappa shape index (κ2) is 13.0. The van der Waals surface area contributed by atoms with Crippen LogP contribution in [0.3, 0.4) is 0 Å². The molecule has 0 aromatic carbocycles. The van der Waals surface area contributed by atoms with Crippen molar-refractivity contribution in [3.8, 4) is 0 Å². The number of carbonyl (C=O) groups excluding carboxylic acids is 1. The second-order valence-corrected chi connectivity index (χ2v) is 9.81. The summed E-state index contributed by atoms with van der Waals surface area (Å²) >= 11 is 3.70. The van der Waals surface area contributed by atoms with Crippen LogP contribution in [0.1, 0.15) is 51.0 Å². The summed E-state index contributed by atoms with van der Waals surface area (Å²) in [5.74, 6) is 4.14. The van der Waals surface area contributed by atoms with Crippen LogP contribution in [0, 0.1) is 5.92 Å². The largest absolute Gasteiger partial charge is 0.357 e. The normalized spacial score (nSPS) is 23.8. The molecule has 1 aliphatic heterocycles. The molecule has 0 spiro atoms. The lowest BCUT2D eigenvalue weighted by atomic mass is 9.85. The number of carbonyl (C=O) groups is 1. The van der Waals surface area contributed by atoms with Crippen molar-refractivity contribution in [1.82, 2.24) is 15.5 Å². The van der Waals surface area contributed by atoms with Crippen molar-refractivity contribution in [1.29, 1.82) is 0 Å². The van der Waals surface area contributed by atoms with E-state index in [0.29, 0.717) is 17.9 Å². The van der Waals surface area contributed by atoms with Crippen LogP contribution in [0.2, 0.25) is 0 Å². The number of guanidine groups is 1. The molecule has 1 amide bonds. The first-order chi connectivity index (χ1) is 13.7. The van der Waals surface area contributed by atoms with Gasteiger partial charge in [-0.1, -0.05) is 6.92 Å². The molecule has 1 saturated carbocycles. The standard InChI is InChI=1S/C21H34N4OS2.HI/c1-3-22-21(23-14-16(2)18-8-11-28-15-18)24-19-6-4-17(5-7-19)20(26)25-9-12-27-13-10-25;/h8,11,15-17,19H,3-7,9-10,12-14H2,1-2H3,(H2,22,23,24);1H. The fourth-order valence-corrected chi connectivity index (χ4v) is 5.61. The predicted octanol–water partition coefficient (Wildman–Crippen LogP) is 4.16. The van der Waals surface area contributed by atoms with Gasteiger partial charge in [0, 0.05) is 55.6 Å². The molecule has 2 aliphatic rings. The van der Waals surface area contributed by atoms with Crippen LogP contribution in [0.4, 0.5) is 0 Å². The lowest BCUT2D eigenvalue weighted by Crippen LogP contribution is -2.47. The molecular weight excluding hydrogens is 515 g/mol. The molecule has 2 N–H and O–H groups in total.